The first kappa shape index (κ1) is 14.3. The van der Waals surface area contributed by atoms with Crippen molar-refractivity contribution in [2.24, 2.45) is 0 Å². The zero-order valence-corrected chi connectivity index (χ0v) is 11.6. The van der Waals surface area contributed by atoms with Gasteiger partial charge in [-0.25, -0.2) is 9.97 Å². The summed E-state index contributed by atoms with van der Waals surface area (Å²) in [5.74, 6) is 0.308. The van der Waals surface area contributed by atoms with E-state index in [2.05, 4.69) is 9.97 Å². The topological polar surface area (TPSA) is 72.3 Å². The van der Waals surface area contributed by atoms with Crippen molar-refractivity contribution in [3.8, 4) is 17.1 Å². The number of aryl methyl sites for hydroxylation is 1. The molecule has 20 heavy (non-hydrogen) atoms. The summed E-state index contributed by atoms with van der Waals surface area (Å²) in [6, 6.07) is 7.32. The Morgan fingerprint density at radius 3 is 2.90 bits per heavy atom. The highest BCUT2D eigenvalue weighted by Gasteiger charge is 2.09. The van der Waals surface area contributed by atoms with Crippen LogP contribution >= 0.6 is 11.6 Å². The Morgan fingerprint density at radius 2 is 2.25 bits per heavy atom. The van der Waals surface area contributed by atoms with Crippen molar-refractivity contribution in [2.45, 2.75) is 12.8 Å². The molecular formula is C14H13ClN2O3. The van der Waals surface area contributed by atoms with E-state index < -0.39 is 5.97 Å². The van der Waals surface area contributed by atoms with E-state index >= 15 is 0 Å². The van der Waals surface area contributed by atoms with Crippen molar-refractivity contribution in [2.75, 3.05) is 7.11 Å². The van der Waals surface area contributed by atoms with Crippen molar-refractivity contribution in [3.05, 3.63) is 41.2 Å². The molecule has 2 rings (SSSR count). The Bertz CT molecular complexity index is 632. The molecule has 0 spiro atoms. The molecule has 0 atom stereocenters. The first-order chi connectivity index (χ1) is 9.60. The molecule has 0 bridgehead atoms. The predicted molar refractivity (Wildman–Crippen MR) is 75.0 cm³/mol. The molecule has 104 valence electrons. The number of ether oxygens (including phenoxy) is 1. The van der Waals surface area contributed by atoms with Gasteiger partial charge in [-0.05, 0) is 18.6 Å². The second-order valence-electron chi connectivity index (χ2n) is 4.14. The van der Waals surface area contributed by atoms with Gasteiger partial charge in [0.15, 0.2) is 5.82 Å². The number of halogens is 1. The second-order valence-corrected chi connectivity index (χ2v) is 4.49. The monoisotopic (exact) mass is 292 g/mol. The first-order valence-corrected chi connectivity index (χ1v) is 6.35. The number of carboxylic acid groups (broad SMARTS) is 1. The number of carboxylic acids is 1. The van der Waals surface area contributed by atoms with Gasteiger partial charge in [-0.2, -0.15) is 0 Å². The van der Waals surface area contributed by atoms with Gasteiger partial charge >= 0.3 is 5.97 Å². The molecular weight excluding hydrogens is 280 g/mol. The normalized spacial score (nSPS) is 10.3. The van der Waals surface area contributed by atoms with Crippen LogP contribution in [0, 0.1) is 0 Å². The lowest BCUT2D eigenvalue weighted by molar-refractivity contribution is -0.136. The van der Waals surface area contributed by atoms with Gasteiger partial charge in [-0.1, -0.05) is 23.7 Å². The average molecular weight is 293 g/mol. The highest BCUT2D eigenvalue weighted by molar-refractivity contribution is 6.30. The van der Waals surface area contributed by atoms with Crippen molar-refractivity contribution in [3.63, 3.8) is 0 Å². The maximum atomic E-state index is 10.5. The third-order valence-corrected chi connectivity index (χ3v) is 3.08. The van der Waals surface area contributed by atoms with Crippen molar-refractivity contribution < 1.29 is 14.6 Å². The van der Waals surface area contributed by atoms with Crippen molar-refractivity contribution in [1.29, 1.82) is 0 Å². The number of aromatic nitrogens is 2. The van der Waals surface area contributed by atoms with Crippen molar-refractivity contribution in [1.82, 2.24) is 9.97 Å². The molecule has 1 N–H and O–H groups in total. The van der Waals surface area contributed by atoms with E-state index in [4.69, 9.17) is 21.4 Å². The lowest BCUT2D eigenvalue weighted by Gasteiger charge is -2.06. The molecule has 0 amide bonds. The predicted octanol–water partition coefficient (Wildman–Crippen LogP) is 2.82. The molecule has 0 aliphatic carbocycles. The highest BCUT2D eigenvalue weighted by Crippen LogP contribution is 2.23. The number of methoxy groups -OCH3 is 1. The van der Waals surface area contributed by atoms with Crippen LogP contribution in [0.2, 0.25) is 5.15 Å². The summed E-state index contributed by atoms with van der Waals surface area (Å²) in [7, 11) is 1.59. The quantitative estimate of drug-likeness (QED) is 0.858. The summed E-state index contributed by atoms with van der Waals surface area (Å²) < 4.78 is 5.14. The van der Waals surface area contributed by atoms with Crippen LogP contribution in [0.4, 0.5) is 0 Å². The van der Waals surface area contributed by atoms with Crippen LogP contribution in [0.3, 0.4) is 0 Å². The van der Waals surface area contributed by atoms with Gasteiger partial charge in [-0.15, -0.1) is 0 Å². The van der Waals surface area contributed by atoms with Crippen LogP contribution in [0.5, 0.6) is 5.75 Å². The summed E-state index contributed by atoms with van der Waals surface area (Å²) in [5, 5.41) is 8.94. The minimum Gasteiger partial charge on any atom is -0.497 e. The minimum atomic E-state index is -0.877. The smallest absolute Gasteiger partial charge is 0.303 e. The van der Waals surface area contributed by atoms with Crippen LogP contribution in [-0.2, 0) is 11.2 Å². The SMILES string of the molecule is COc1cccc(-c2ncc(CCC(=O)O)c(Cl)n2)c1. The van der Waals surface area contributed by atoms with Gasteiger partial charge in [-0.3, -0.25) is 4.79 Å². The number of hydrogen-bond acceptors (Lipinski definition) is 4. The molecule has 0 aliphatic rings. The molecule has 2 aromatic rings. The van der Waals surface area contributed by atoms with E-state index in [0.717, 1.165) is 5.56 Å². The van der Waals surface area contributed by atoms with Gasteiger partial charge in [0.2, 0.25) is 0 Å². The minimum absolute atomic E-state index is 0.00157. The van der Waals surface area contributed by atoms with Crippen LogP contribution < -0.4 is 4.74 Å². The fraction of sp³-hybridized carbons (Fsp3) is 0.214. The van der Waals surface area contributed by atoms with Gasteiger partial charge in [0.05, 0.1) is 7.11 Å². The Morgan fingerprint density at radius 1 is 1.45 bits per heavy atom. The average Bonchev–Trinajstić information content (AvgIpc) is 2.46. The standard InChI is InChI=1S/C14H13ClN2O3/c1-20-11-4-2-3-9(7-11)14-16-8-10(13(15)17-14)5-6-12(18)19/h2-4,7-8H,5-6H2,1H3,(H,18,19). The number of nitrogens with zero attached hydrogens (tertiary/aromatic N) is 2. The van der Waals surface area contributed by atoms with E-state index in [-0.39, 0.29) is 11.6 Å². The van der Waals surface area contributed by atoms with E-state index in [1.807, 2.05) is 24.3 Å². The Labute approximate surface area is 121 Å². The van der Waals surface area contributed by atoms with E-state index in [1.54, 1.807) is 13.3 Å². The lowest BCUT2D eigenvalue weighted by Crippen LogP contribution is -2.00. The summed E-state index contributed by atoms with van der Waals surface area (Å²) in [6.07, 6.45) is 1.88. The van der Waals surface area contributed by atoms with Crippen LogP contribution in [0.25, 0.3) is 11.4 Å². The van der Waals surface area contributed by atoms with E-state index in [1.165, 1.54) is 0 Å². The fourth-order valence-corrected chi connectivity index (χ4v) is 1.92. The molecule has 0 saturated carbocycles. The van der Waals surface area contributed by atoms with Gasteiger partial charge in [0.25, 0.3) is 0 Å². The van der Waals surface area contributed by atoms with Crippen LogP contribution in [0.1, 0.15) is 12.0 Å². The van der Waals surface area contributed by atoms with Gasteiger partial charge in [0.1, 0.15) is 10.9 Å². The molecule has 1 aromatic carbocycles. The molecule has 0 saturated heterocycles. The van der Waals surface area contributed by atoms with Gasteiger partial charge in [0, 0.05) is 23.7 Å². The van der Waals surface area contributed by atoms with Crippen LogP contribution in [0.15, 0.2) is 30.5 Å². The second kappa shape index (κ2) is 6.34. The maximum Gasteiger partial charge on any atom is 0.303 e. The number of aliphatic carboxylic acids is 1. The molecule has 5 nitrogen and oxygen atoms in total. The molecule has 0 unspecified atom stereocenters. The Kier molecular flexibility index (Phi) is 4.53. The zero-order valence-electron chi connectivity index (χ0n) is 10.8. The highest BCUT2D eigenvalue weighted by atomic mass is 35.5. The fourth-order valence-electron chi connectivity index (χ4n) is 1.70. The third kappa shape index (κ3) is 3.45. The Hall–Kier alpha value is -2.14. The van der Waals surface area contributed by atoms with Crippen molar-refractivity contribution >= 4 is 17.6 Å². The summed E-state index contributed by atoms with van der Waals surface area (Å²) in [6.45, 7) is 0. The molecule has 1 aromatic heterocycles. The lowest BCUT2D eigenvalue weighted by atomic mass is 10.1. The maximum absolute atomic E-state index is 10.5. The largest absolute Gasteiger partial charge is 0.497 e. The number of rotatable bonds is 5. The van der Waals surface area contributed by atoms with E-state index in [0.29, 0.717) is 23.6 Å². The molecule has 1 heterocycles. The number of benzene rings is 1. The Balaban J connectivity index is 2.25. The molecule has 6 heteroatoms. The summed E-state index contributed by atoms with van der Waals surface area (Å²) in [5.41, 5.74) is 1.41. The van der Waals surface area contributed by atoms with Gasteiger partial charge < -0.3 is 9.84 Å². The first-order valence-electron chi connectivity index (χ1n) is 5.98. The third-order valence-electron chi connectivity index (χ3n) is 2.75. The zero-order chi connectivity index (χ0) is 14.5. The molecule has 0 aliphatic heterocycles. The number of carbonyl (C=O) groups is 1. The summed E-state index contributed by atoms with van der Waals surface area (Å²) in [4.78, 5) is 19.0. The molecule has 0 fully saturated rings. The van der Waals surface area contributed by atoms with E-state index in [9.17, 15) is 4.79 Å². The summed E-state index contributed by atoms with van der Waals surface area (Å²) >= 11 is 6.06. The molecule has 0 radical (unpaired) electrons. The van der Waals surface area contributed by atoms with Crippen LogP contribution in [-0.4, -0.2) is 28.2 Å². The number of hydrogen-bond donors (Lipinski definition) is 1.